The van der Waals surface area contributed by atoms with E-state index >= 15 is 0 Å². The van der Waals surface area contributed by atoms with Crippen LogP contribution in [0.1, 0.15) is 48.6 Å². The Hall–Kier alpha value is -1.94. The van der Waals surface area contributed by atoms with Crippen molar-refractivity contribution in [2.75, 3.05) is 5.75 Å². The highest BCUT2D eigenvalue weighted by Crippen LogP contribution is 2.39. The Kier molecular flexibility index (Phi) is 5.61. The smallest absolute Gasteiger partial charge is 0.230 e. The van der Waals surface area contributed by atoms with Crippen LogP contribution in [0.15, 0.2) is 42.5 Å². The van der Waals surface area contributed by atoms with Crippen molar-refractivity contribution in [3.8, 4) is 5.75 Å². The summed E-state index contributed by atoms with van der Waals surface area (Å²) in [5.74, 6) is 2.28. The van der Waals surface area contributed by atoms with Gasteiger partial charge in [0.05, 0.1) is 11.8 Å². The molecule has 0 aliphatic carbocycles. The Balaban J connectivity index is 1.61. The molecule has 2 aromatic carbocycles. The maximum atomic E-state index is 12.5. The molecular weight excluding hydrogens is 342 g/mol. The molecule has 0 unspecified atom stereocenters. The largest absolute Gasteiger partial charge is 0.487 e. The predicted octanol–water partition coefficient (Wildman–Crippen LogP) is 4.96. The van der Waals surface area contributed by atoms with Crippen LogP contribution in [0, 0.1) is 13.8 Å². The van der Waals surface area contributed by atoms with E-state index in [2.05, 4.69) is 69.4 Å². The first-order valence-corrected chi connectivity index (χ1v) is 10.2. The molecule has 0 saturated heterocycles. The molecule has 2 aromatic rings. The normalized spacial score (nSPS) is 17.9. The third-order valence-electron chi connectivity index (χ3n) is 4.54. The highest BCUT2D eigenvalue weighted by molar-refractivity contribution is 7.99. The van der Waals surface area contributed by atoms with E-state index in [1.807, 2.05) is 6.07 Å². The molecular formula is C22H27NO2S. The lowest BCUT2D eigenvalue weighted by molar-refractivity contribution is -0.119. The van der Waals surface area contributed by atoms with Gasteiger partial charge in [-0.1, -0.05) is 47.5 Å². The van der Waals surface area contributed by atoms with E-state index in [0.717, 1.165) is 23.5 Å². The highest BCUT2D eigenvalue weighted by Gasteiger charge is 2.34. The van der Waals surface area contributed by atoms with E-state index in [1.54, 1.807) is 11.8 Å². The molecule has 26 heavy (non-hydrogen) atoms. The quantitative estimate of drug-likeness (QED) is 0.810. The van der Waals surface area contributed by atoms with Crippen LogP contribution in [-0.2, 0) is 10.5 Å². The van der Waals surface area contributed by atoms with Gasteiger partial charge in [0, 0.05) is 17.7 Å². The van der Waals surface area contributed by atoms with Crippen LogP contribution < -0.4 is 10.1 Å². The molecule has 4 heteroatoms. The number of hydrogen-bond acceptors (Lipinski definition) is 3. The summed E-state index contributed by atoms with van der Waals surface area (Å²) in [6.07, 6.45) is 0.776. The summed E-state index contributed by atoms with van der Waals surface area (Å²) in [5, 5.41) is 3.22. The lowest BCUT2D eigenvalue weighted by Gasteiger charge is -2.38. The fourth-order valence-electron chi connectivity index (χ4n) is 3.40. The average Bonchev–Trinajstić information content (AvgIpc) is 2.55. The summed E-state index contributed by atoms with van der Waals surface area (Å²) in [5.41, 5.74) is 4.50. The molecule has 1 aliphatic heterocycles. The molecule has 1 heterocycles. The van der Waals surface area contributed by atoms with Gasteiger partial charge in [0.1, 0.15) is 11.4 Å². The van der Waals surface area contributed by atoms with Crippen LogP contribution in [0.2, 0.25) is 0 Å². The van der Waals surface area contributed by atoms with E-state index in [1.165, 1.54) is 16.7 Å². The maximum Gasteiger partial charge on any atom is 0.230 e. The van der Waals surface area contributed by atoms with Crippen LogP contribution in [0.4, 0.5) is 0 Å². The van der Waals surface area contributed by atoms with Crippen molar-refractivity contribution in [3.05, 3.63) is 64.7 Å². The average molecular weight is 370 g/mol. The van der Waals surface area contributed by atoms with Gasteiger partial charge in [0.2, 0.25) is 5.91 Å². The highest BCUT2D eigenvalue weighted by atomic mass is 32.2. The van der Waals surface area contributed by atoms with Gasteiger partial charge >= 0.3 is 0 Å². The fourth-order valence-corrected chi connectivity index (χ4v) is 4.19. The number of hydrogen-bond donors (Lipinski definition) is 1. The second kappa shape index (κ2) is 7.75. The van der Waals surface area contributed by atoms with Gasteiger partial charge in [0.25, 0.3) is 0 Å². The van der Waals surface area contributed by atoms with Gasteiger partial charge in [0.15, 0.2) is 0 Å². The van der Waals surface area contributed by atoms with E-state index in [-0.39, 0.29) is 17.6 Å². The zero-order valence-electron chi connectivity index (χ0n) is 16.0. The Morgan fingerprint density at radius 1 is 1.19 bits per heavy atom. The van der Waals surface area contributed by atoms with E-state index in [0.29, 0.717) is 5.75 Å². The van der Waals surface area contributed by atoms with Crippen molar-refractivity contribution in [1.82, 2.24) is 5.32 Å². The number of rotatable bonds is 5. The third-order valence-corrected chi connectivity index (χ3v) is 5.55. The minimum Gasteiger partial charge on any atom is -0.487 e. The molecule has 0 aromatic heterocycles. The summed E-state index contributed by atoms with van der Waals surface area (Å²) >= 11 is 1.65. The first-order chi connectivity index (χ1) is 12.3. The molecule has 1 amide bonds. The predicted molar refractivity (Wildman–Crippen MR) is 109 cm³/mol. The Bertz CT molecular complexity index is 800. The molecule has 3 rings (SSSR count). The van der Waals surface area contributed by atoms with Crippen molar-refractivity contribution in [1.29, 1.82) is 0 Å². The van der Waals surface area contributed by atoms with Crippen molar-refractivity contribution >= 4 is 17.7 Å². The van der Waals surface area contributed by atoms with Crippen LogP contribution >= 0.6 is 11.8 Å². The number of carbonyl (C=O) groups excluding carboxylic acids is 1. The summed E-state index contributed by atoms with van der Waals surface area (Å²) in [7, 11) is 0. The van der Waals surface area contributed by atoms with Gasteiger partial charge in [-0.2, -0.15) is 0 Å². The van der Waals surface area contributed by atoms with Crippen molar-refractivity contribution < 1.29 is 9.53 Å². The van der Waals surface area contributed by atoms with Gasteiger partial charge in [-0.3, -0.25) is 4.79 Å². The second-order valence-corrected chi connectivity index (χ2v) is 8.69. The molecule has 0 bridgehead atoms. The van der Waals surface area contributed by atoms with Gasteiger partial charge in [-0.25, -0.2) is 0 Å². The topological polar surface area (TPSA) is 38.3 Å². The van der Waals surface area contributed by atoms with Gasteiger partial charge < -0.3 is 10.1 Å². The molecule has 0 saturated carbocycles. The molecule has 0 spiro atoms. The van der Waals surface area contributed by atoms with Crippen LogP contribution in [-0.4, -0.2) is 17.3 Å². The van der Waals surface area contributed by atoms with E-state index in [9.17, 15) is 4.79 Å². The maximum absolute atomic E-state index is 12.5. The molecule has 1 aliphatic rings. The summed E-state index contributed by atoms with van der Waals surface area (Å²) < 4.78 is 6.08. The number of aryl methyl sites for hydroxylation is 2. The number of carbonyl (C=O) groups is 1. The lowest BCUT2D eigenvalue weighted by Crippen LogP contribution is -2.41. The Morgan fingerprint density at radius 3 is 2.73 bits per heavy atom. The lowest BCUT2D eigenvalue weighted by atomic mass is 9.89. The summed E-state index contributed by atoms with van der Waals surface area (Å²) in [6, 6.07) is 14.6. The van der Waals surface area contributed by atoms with Crippen LogP contribution in [0.25, 0.3) is 0 Å². The molecule has 0 radical (unpaired) electrons. The molecule has 0 fully saturated rings. The molecule has 1 atom stereocenters. The molecule has 1 N–H and O–H groups in total. The van der Waals surface area contributed by atoms with Crippen LogP contribution in [0.5, 0.6) is 5.75 Å². The number of ether oxygens (including phenoxy) is 1. The fraction of sp³-hybridized carbons (Fsp3) is 0.409. The SMILES string of the molecule is Cc1cccc(CSCC(=O)N[C@@H]2CC(C)(C)Oc3ccc(C)cc32)c1. The Morgan fingerprint density at radius 2 is 1.96 bits per heavy atom. The van der Waals surface area contributed by atoms with Crippen molar-refractivity contribution in [2.24, 2.45) is 0 Å². The molecule has 3 nitrogen and oxygen atoms in total. The zero-order chi connectivity index (χ0) is 18.7. The van der Waals surface area contributed by atoms with Gasteiger partial charge in [-0.15, -0.1) is 11.8 Å². The minimum absolute atomic E-state index is 0.000666. The number of amides is 1. The minimum atomic E-state index is -0.283. The van der Waals surface area contributed by atoms with Crippen molar-refractivity contribution in [2.45, 2.75) is 51.5 Å². The first kappa shape index (κ1) is 18.8. The van der Waals surface area contributed by atoms with E-state index < -0.39 is 0 Å². The standard InChI is InChI=1S/C22H27NO2S/c1-15-6-5-7-17(10-15)13-26-14-21(24)23-19-12-22(3,4)25-20-9-8-16(2)11-18(19)20/h5-11,19H,12-14H2,1-4H3,(H,23,24)/t19-/m1/s1. The number of nitrogens with one attached hydrogen (secondary N) is 1. The van der Waals surface area contributed by atoms with Crippen molar-refractivity contribution in [3.63, 3.8) is 0 Å². The monoisotopic (exact) mass is 369 g/mol. The molecule has 138 valence electrons. The first-order valence-electron chi connectivity index (χ1n) is 9.05. The second-order valence-electron chi connectivity index (χ2n) is 7.71. The summed E-state index contributed by atoms with van der Waals surface area (Å²) in [6.45, 7) is 8.30. The number of thioether (sulfide) groups is 1. The van der Waals surface area contributed by atoms with Gasteiger partial charge in [-0.05, 0) is 39.3 Å². The van der Waals surface area contributed by atoms with E-state index in [4.69, 9.17) is 4.74 Å². The number of fused-ring (bicyclic) bond motifs is 1. The number of benzene rings is 2. The summed E-state index contributed by atoms with van der Waals surface area (Å²) in [4.78, 5) is 12.5. The zero-order valence-corrected chi connectivity index (χ0v) is 16.8. The third kappa shape index (κ3) is 4.82. The Labute approximate surface area is 160 Å². The van der Waals surface area contributed by atoms with Crippen LogP contribution in [0.3, 0.4) is 0 Å².